The zero-order valence-corrected chi connectivity index (χ0v) is 16.0. The number of nitrogens with zero attached hydrogens (tertiary/aromatic N) is 3. The van der Waals surface area contributed by atoms with Crippen LogP contribution < -0.4 is 10.9 Å². The van der Waals surface area contributed by atoms with E-state index in [1.165, 1.54) is 12.1 Å². The van der Waals surface area contributed by atoms with Crippen LogP contribution in [0.1, 0.15) is 28.8 Å². The molecule has 5 rings (SSSR count). The molecule has 1 aromatic heterocycles. The summed E-state index contributed by atoms with van der Waals surface area (Å²) in [5, 5.41) is 11.6. The van der Waals surface area contributed by atoms with Gasteiger partial charge in [-0.15, -0.1) is 0 Å². The van der Waals surface area contributed by atoms with Crippen LogP contribution in [0.4, 0.5) is 18.9 Å². The highest BCUT2D eigenvalue weighted by molar-refractivity contribution is 6.02. The van der Waals surface area contributed by atoms with Gasteiger partial charge in [0.25, 0.3) is 5.56 Å². The van der Waals surface area contributed by atoms with E-state index in [4.69, 9.17) is 0 Å². The second-order valence-corrected chi connectivity index (χ2v) is 7.55. The number of H-pyrrole nitrogens is 1. The van der Waals surface area contributed by atoms with Gasteiger partial charge < -0.3 is 10.2 Å². The van der Waals surface area contributed by atoms with Crippen LogP contribution in [-0.4, -0.2) is 41.1 Å². The van der Waals surface area contributed by atoms with Gasteiger partial charge in [-0.05, 0) is 29.8 Å². The van der Waals surface area contributed by atoms with Gasteiger partial charge >= 0.3 is 6.18 Å². The predicted octanol–water partition coefficient (Wildman–Crippen LogP) is 3.54. The van der Waals surface area contributed by atoms with Crippen molar-refractivity contribution in [2.75, 3.05) is 25.5 Å². The summed E-state index contributed by atoms with van der Waals surface area (Å²) in [6.07, 6.45) is -4.40. The van der Waals surface area contributed by atoms with Crippen molar-refractivity contribution in [2.45, 2.75) is 18.1 Å². The first kappa shape index (κ1) is 18.7. The standard InChI is InChI=1S/C21H18F3N5O/c1-29-10-9-25-19(29)16-17(11-5-7-12(8-6-11)21(22,23)24)26-14-4-2-3-13-15(14)18(16)27-28-20(13)30/h2-8,16-17,26H,9-10H2,1H3,(H,28,30)/t16-,17-/m0/s1. The van der Waals surface area contributed by atoms with Crippen molar-refractivity contribution in [1.82, 2.24) is 15.1 Å². The predicted molar refractivity (Wildman–Crippen MR) is 108 cm³/mol. The lowest BCUT2D eigenvalue weighted by Crippen LogP contribution is -2.37. The molecule has 6 nitrogen and oxygen atoms in total. The molecule has 2 N–H and O–H groups in total. The number of aliphatic imine (C=N–C) groups is 1. The zero-order valence-electron chi connectivity index (χ0n) is 16.0. The van der Waals surface area contributed by atoms with Gasteiger partial charge in [-0.25, -0.2) is 5.10 Å². The van der Waals surface area contributed by atoms with Crippen molar-refractivity contribution in [3.63, 3.8) is 0 Å². The molecule has 2 atom stereocenters. The zero-order chi connectivity index (χ0) is 21.0. The van der Waals surface area contributed by atoms with Gasteiger partial charge in [-0.1, -0.05) is 18.2 Å². The largest absolute Gasteiger partial charge is 0.416 e. The van der Waals surface area contributed by atoms with E-state index in [0.717, 1.165) is 35.6 Å². The van der Waals surface area contributed by atoms with Gasteiger partial charge in [-0.3, -0.25) is 9.79 Å². The third-order valence-corrected chi connectivity index (χ3v) is 5.76. The molecule has 2 aliphatic heterocycles. The minimum Gasteiger partial charge on any atom is -0.377 e. The Balaban J connectivity index is 1.69. The third kappa shape index (κ3) is 2.84. The maximum Gasteiger partial charge on any atom is 0.416 e. The number of alkyl halides is 3. The summed E-state index contributed by atoms with van der Waals surface area (Å²) in [5.74, 6) is 0.436. The van der Waals surface area contributed by atoms with E-state index in [0.29, 0.717) is 23.2 Å². The Hall–Kier alpha value is -3.36. The van der Waals surface area contributed by atoms with E-state index in [-0.39, 0.29) is 17.5 Å². The fraction of sp³-hybridized carbons (Fsp3) is 0.286. The number of anilines is 1. The molecule has 2 aromatic carbocycles. The molecule has 3 aromatic rings. The average molecular weight is 413 g/mol. The van der Waals surface area contributed by atoms with Crippen molar-refractivity contribution in [3.05, 3.63) is 69.6 Å². The molecule has 0 fully saturated rings. The highest BCUT2D eigenvalue weighted by Gasteiger charge is 2.40. The molecule has 2 aliphatic rings. The van der Waals surface area contributed by atoms with Crippen LogP contribution in [0.5, 0.6) is 0 Å². The fourth-order valence-corrected chi connectivity index (χ4v) is 4.31. The number of likely N-dealkylation sites (N-methyl/N-ethyl adjacent to an activating group) is 1. The van der Waals surface area contributed by atoms with Crippen molar-refractivity contribution < 1.29 is 13.2 Å². The number of amidine groups is 1. The third-order valence-electron chi connectivity index (χ3n) is 5.76. The Morgan fingerprint density at radius 3 is 2.57 bits per heavy atom. The summed E-state index contributed by atoms with van der Waals surface area (Å²) < 4.78 is 39.1. The SMILES string of the molecule is CN1CCN=C1[C@@H]1c2n[nH]c(=O)c3cccc(c23)N[C@H]1c1ccc(C(F)(F)F)cc1. The molecule has 30 heavy (non-hydrogen) atoms. The van der Waals surface area contributed by atoms with E-state index >= 15 is 0 Å². The van der Waals surface area contributed by atoms with E-state index < -0.39 is 11.7 Å². The Morgan fingerprint density at radius 1 is 1.13 bits per heavy atom. The maximum absolute atomic E-state index is 13.0. The van der Waals surface area contributed by atoms with E-state index in [1.54, 1.807) is 12.1 Å². The van der Waals surface area contributed by atoms with E-state index in [9.17, 15) is 18.0 Å². The first-order valence-corrected chi connectivity index (χ1v) is 9.55. The molecule has 154 valence electrons. The topological polar surface area (TPSA) is 73.4 Å². The number of benzene rings is 2. The van der Waals surface area contributed by atoms with E-state index in [1.807, 2.05) is 18.0 Å². The number of rotatable bonds is 2. The Labute approximate surface area is 169 Å². The van der Waals surface area contributed by atoms with Gasteiger partial charge in [0.15, 0.2) is 0 Å². The monoisotopic (exact) mass is 413 g/mol. The van der Waals surface area contributed by atoms with Gasteiger partial charge in [0.1, 0.15) is 5.84 Å². The smallest absolute Gasteiger partial charge is 0.377 e. The quantitative estimate of drug-likeness (QED) is 0.674. The van der Waals surface area contributed by atoms with Crippen molar-refractivity contribution in [2.24, 2.45) is 4.99 Å². The van der Waals surface area contributed by atoms with Gasteiger partial charge in [0.2, 0.25) is 0 Å². The Kier molecular flexibility index (Phi) is 4.09. The van der Waals surface area contributed by atoms with Crippen LogP contribution in [-0.2, 0) is 6.18 Å². The highest BCUT2D eigenvalue weighted by Crippen LogP contribution is 2.45. The first-order chi connectivity index (χ1) is 14.3. The summed E-state index contributed by atoms with van der Waals surface area (Å²) in [6.45, 7) is 1.38. The molecule has 0 bridgehead atoms. The van der Waals surface area contributed by atoms with Crippen molar-refractivity contribution >= 4 is 22.3 Å². The molecule has 9 heteroatoms. The maximum atomic E-state index is 13.0. The van der Waals surface area contributed by atoms with Crippen molar-refractivity contribution in [1.29, 1.82) is 0 Å². The minimum atomic E-state index is -4.40. The molecule has 0 saturated carbocycles. The number of aromatic amines is 1. The molecular weight excluding hydrogens is 395 g/mol. The van der Waals surface area contributed by atoms with Crippen LogP contribution in [0.15, 0.2) is 52.3 Å². The summed E-state index contributed by atoms with van der Waals surface area (Å²) in [6, 6.07) is 10.1. The van der Waals surface area contributed by atoms with Gasteiger partial charge in [0.05, 0.1) is 35.1 Å². The molecule has 0 spiro atoms. The average Bonchev–Trinajstić information content (AvgIpc) is 3.15. The normalized spacial score (nSPS) is 20.9. The first-order valence-electron chi connectivity index (χ1n) is 9.55. The molecule has 0 aliphatic carbocycles. The second kappa shape index (κ2) is 6.58. The summed E-state index contributed by atoms with van der Waals surface area (Å²) in [5.41, 5.74) is 1.09. The van der Waals surface area contributed by atoms with Crippen LogP contribution in [0.2, 0.25) is 0 Å². The number of nitrogens with one attached hydrogen (secondary N) is 2. The fourth-order valence-electron chi connectivity index (χ4n) is 4.31. The molecule has 0 saturated heterocycles. The Bertz CT molecular complexity index is 1220. The summed E-state index contributed by atoms with van der Waals surface area (Å²) in [4.78, 5) is 19.0. The van der Waals surface area contributed by atoms with Crippen LogP contribution in [0, 0.1) is 0 Å². The Morgan fingerprint density at radius 2 is 1.90 bits per heavy atom. The van der Waals surface area contributed by atoms with E-state index in [2.05, 4.69) is 20.5 Å². The van der Waals surface area contributed by atoms with Crippen LogP contribution >= 0.6 is 0 Å². The lowest BCUT2D eigenvalue weighted by Gasteiger charge is -2.36. The highest BCUT2D eigenvalue weighted by atomic mass is 19.4. The number of hydrogen-bond donors (Lipinski definition) is 2. The molecule has 3 heterocycles. The summed E-state index contributed by atoms with van der Waals surface area (Å²) >= 11 is 0. The summed E-state index contributed by atoms with van der Waals surface area (Å²) in [7, 11) is 1.93. The van der Waals surface area contributed by atoms with Gasteiger partial charge in [0, 0.05) is 24.7 Å². The number of halogens is 3. The molecule has 0 amide bonds. The second-order valence-electron chi connectivity index (χ2n) is 7.55. The number of aromatic nitrogens is 2. The molecule has 0 unspecified atom stereocenters. The van der Waals surface area contributed by atoms with Crippen LogP contribution in [0.25, 0.3) is 10.8 Å². The van der Waals surface area contributed by atoms with Crippen molar-refractivity contribution in [3.8, 4) is 0 Å². The van der Waals surface area contributed by atoms with Gasteiger partial charge in [-0.2, -0.15) is 18.3 Å². The lowest BCUT2D eigenvalue weighted by molar-refractivity contribution is -0.137. The molecular formula is C21H18F3N5O. The van der Waals surface area contributed by atoms with Crippen LogP contribution in [0.3, 0.4) is 0 Å². The lowest BCUT2D eigenvalue weighted by atomic mass is 9.83. The minimum absolute atomic E-state index is 0.286. The molecule has 0 radical (unpaired) electrons. The number of hydrogen-bond acceptors (Lipinski definition) is 5.